The van der Waals surface area contributed by atoms with E-state index in [9.17, 15) is 9.90 Å². The number of hydrogen-bond acceptors (Lipinski definition) is 3. The van der Waals surface area contributed by atoms with Gasteiger partial charge in [0.1, 0.15) is 0 Å². The van der Waals surface area contributed by atoms with E-state index in [-0.39, 0.29) is 0 Å². The molecule has 4 nitrogen and oxygen atoms in total. The molecule has 0 unspecified atom stereocenters. The van der Waals surface area contributed by atoms with Crippen molar-refractivity contribution >= 4 is 16.9 Å². The Balaban J connectivity index is 2.24. The van der Waals surface area contributed by atoms with Gasteiger partial charge < -0.3 is 10.4 Å². The molecule has 1 saturated heterocycles. The average Bonchev–Trinajstić information content (AvgIpc) is 2.51. The molecule has 0 amide bonds. The molecule has 0 bridgehead atoms. The number of fused-ring (bicyclic) bond motifs is 1. The third-order valence-electron chi connectivity index (χ3n) is 4.38. The number of benzene rings is 1. The molecular formula is C17H20N2O2. The normalized spacial score (nSPS) is 16.3. The van der Waals surface area contributed by atoms with Gasteiger partial charge in [-0.25, -0.2) is 4.79 Å². The molecular weight excluding hydrogens is 264 g/mol. The number of carbonyl (C=O) groups is 1. The number of aromatic nitrogens is 1. The molecule has 1 fully saturated rings. The Morgan fingerprint density at radius 2 is 1.90 bits per heavy atom. The van der Waals surface area contributed by atoms with Crippen LogP contribution in [0.1, 0.15) is 45.9 Å². The molecule has 0 atom stereocenters. The Bertz CT molecular complexity index is 703. The van der Waals surface area contributed by atoms with Gasteiger partial charge in [0.2, 0.25) is 0 Å². The van der Waals surface area contributed by atoms with Crippen molar-refractivity contribution < 1.29 is 9.90 Å². The molecule has 2 heterocycles. The number of hydrogen-bond donors (Lipinski definition) is 2. The molecule has 0 spiro atoms. The van der Waals surface area contributed by atoms with Crippen molar-refractivity contribution in [2.45, 2.75) is 32.6 Å². The summed E-state index contributed by atoms with van der Waals surface area (Å²) in [6.07, 6.45) is 2.03. The van der Waals surface area contributed by atoms with Crippen molar-refractivity contribution in [3.63, 3.8) is 0 Å². The van der Waals surface area contributed by atoms with Crippen LogP contribution in [0.5, 0.6) is 0 Å². The van der Waals surface area contributed by atoms with Crippen LogP contribution in [0.15, 0.2) is 18.2 Å². The summed E-state index contributed by atoms with van der Waals surface area (Å²) in [4.78, 5) is 16.5. The van der Waals surface area contributed by atoms with Gasteiger partial charge in [-0.15, -0.1) is 0 Å². The van der Waals surface area contributed by atoms with Gasteiger partial charge in [-0.3, -0.25) is 4.98 Å². The SMILES string of the molecule is Cc1ccc(C)c2c(C(=O)O)cc(C3CCNCC3)nc12. The third-order valence-corrected chi connectivity index (χ3v) is 4.38. The first-order valence-electron chi connectivity index (χ1n) is 7.43. The smallest absolute Gasteiger partial charge is 0.336 e. The van der Waals surface area contributed by atoms with Crippen LogP contribution in [-0.2, 0) is 0 Å². The molecule has 1 aromatic heterocycles. The zero-order valence-electron chi connectivity index (χ0n) is 12.4. The lowest BCUT2D eigenvalue weighted by atomic mass is 9.91. The van der Waals surface area contributed by atoms with Gasteiger partial charge in [-0.1, -0.05) is 12.1 Å². The standard InChI is InChI=1S/C17H20N2O2/c1-10-3-4-11(2)16-15(10)13(17(20)21)9-14(19-16)12-5-7-18-8-6-12/h3-4,9,12,18H,5-8H2,1-2H3,(H,20,21). The molecule has 110 valence electrons. The summed E-state index contributed by atoms with van der Waals surface area (Å²) in [5, 5.41) is 13.7. The molecule has 1 aliphatic heterocycles. The topological polar surface area (TPSA) is 62.2 Å². The zero-order chi connectivity index (χ0) is 15.0. The highest BCUT2D eigenvalue weighted by Crippen LogP contribution is 2.30. The van der Waals surface area contributed by atoms with Crippen molar-refractivity contribution in [1.29, 1.82) is 0 Å². The molecule has 0 saturated carbocycles. The number of piperidine rings is 1. The number of aryl methyl sites for hydroxylation is 2. The van der Waals surface area contributed by atoms with Gasteiger partial charge in [0.05, 0.1) is 11.1 Å². The Hall–Kier alpha value is -1.94. The second kappa shape index (κ2) is 5.45. The van der Waals surface area contributed by atoms with Crippen LogP contribution in [0, 0.1) is 13.8 Å². The second-order valence-electron chi connectivity index (χ2n) is 5.85. The van der Waals surface area contributed by atoms with Gasteiger partial charge >= 0.3 is 5.97 Å². The maximum Gasteiger partial charge on any atom is 0.336 e. The fourth-order valence-corrected chi connectivity index (χ4v) is 3.16. The van der Waals surface area contributed by atoms with E-state index in [4.69, 9.17) is 4.98 Å². The molecule has 0 aliphatic carbocycles. The summed E-state index contributed by atoms with van der Waals surface area (Å²) < 4.78 is 0. The second-order valence-corrected chi connectivity index (χ2v) is 5.85. The highest BCUT2D eigenvalue weighted by Gasteiger charge is 2.21. The van der Waals surface area contributed by atoms with E-state index in [0.717, 1.165) is 53.7 Å². The maximum absolute atomic E-state index is 11.7. The van der Waals surface area contributed by atoms with Crippen LogP contribution in [-0.4, -0.2) is 29.1 Å². The first-order chi connectivity index (χ1) is 10.1. The van der Waals surface area contributed by atoms with E-state index < -0.39 is 5.97 Å². The fraction of sp³-hybridized carbons (Fsp3) is 0.412. The van der Waals surface area contributed by atoms with E-state index in [0.29, 0.717) is 11.5 Å². The Labute approximate surface area is 124 Å². The zero-order valence-corrected chi connectivity index (χ0v) is 12.4. The number of pyridine rings is 1. The number of nitrogens with one attached hydrogen (secondary N) is 1. The third kappa shape index (κ3) is 2.51. The van der Waals surface area contributed by atoms with E-state index in [1.165, 1.54) is 0 Å². The monoisotopic (exact) mass is 284 g/mol. The van der Waals surface area contributed by atoms with Crippen molar-refractivity contribution in [2.24, 2.45) is 0 Å². The maximum atomic E-state index is 11.7. The summed E-state index contributed by atoms with van der Waals surface area (Å²) in [5.41, 5.74) is 4.15. The molecule has 21 heavy (non-hydrogen) atoms. The summed E-state index contributed by atoms with van der Waals surface area (Å²) in [7, 11) is 0. The molecule has 3 rings (SSSR count). The number of nitrogens with zero attached hydrogens (tertiary/aromatic N) is 1. The molecule has 2 aromatic rings. The van der Waals surface area contributed by atoms with E-state index in [1.54, 1.807) is 6.07 Å². The van der Waals surface area contributed by atoms with Gasteiger partial charge in [0.15, 0.2) is 0 Å². The highest BCUT2D eigenvalue weighted by atomic mass is 16.4. The summed E-state index contributed by atoms with van der Waals surface area (Å²) in [6, 6.07) is 5.77. The lowest BCUT2D eigenvalue weighted by molar-refractivity contribution is 0.0698. The summed E-state index contributed by atoms with van der Waals surface area (Å²) in [5.74, 6) is -0.514. The highest BCUT2D eigenvalue weighted by molar-refractivity contribution is 6.04. The lowest BCUT2D eigenvalue weighted by Gasteiger charge is -2.23. The van der Waals surface area contributed by atoms with Crippen LogP contribution in [0.25, 0.3) is 10.9 Å². The van der Waals surface area contributed by atoms with Crippen molar-refractivity contribution in [3.8, 4) is 0 Å². The van der Waals surface area contributed by atoms with E-state index >= 15 is 0 Å². The van der Waals surface area contributed by atoms with Crippen molar-refractivity contribution in [2.75, 3.05) is 13.1 Å². The van der Waals surface area contributed by atoms with Crippen LogP contribution in [0.3, 0.4) is 0 Å². The Kier molecular flexibility index (Phi) is 3.64. The van der Waals surface area contributed by atoms with Gasteiger partial charge in [-0.05, 0) is 57.0 Å². The first-order valence-corrected chi connectivity index (χ1v) is 7.43. The largest absolute Gasteiger partial charge is 0.478 e. The summed E-state index contributed by atoms with van der Waals surface area (Å²) >= 11 is 0. The van der Waals surface area contributed by atoms with Crippen LogP contribution < -0.4 is 5.32 Å². The van der Waals surface area contributed by atoms with E-state index in [1.807, 2.05) is 26.0 Å². The minimum atomic E-state index is -0.869. The lowest BCUT2D eigenvalue weighted by Crippen LogP contribution is -2.27. The minimum absolute atomic E-state index is 0.355. The Morgan fingerprint density at radius 3 is 2.57 bits per heavy atom. The minimum Gasteiger partial charge on any atom is -0.478 e. The van der Waals surface area contributed by atoms with Gasteiger partial charge in [0, 0.05) is 17.0 Å². The van der Waals surface area contributed by atoms with Gasteiger partial charge in [-0.2, -0.15) is 0 Å². The van der Waals surface area contributed by atoms with Gasteiger partial charge in [0.25, 0.3) is 0 Å². The molecule has 0 radical (unpaired) electrons. The van der Waals surface area contributed by atoms with Crippen LogP contribution in [0.2, 0.25) is 0 Å². The molecule has 1 aliphatic rings. The first kappa shape index (κ1) is 14.0. The molecule has 1 aromatic carbocycles. The predicted octanol–water partition coefficient (Wildman–Crippen LogP) is 3.02. The number of carboxylic acid groups (broad SMARTS) is 1. The molecule has 4 heteroatoms. The summed E-state index contributed by atoms with van der Waals surface area (Å²) in [6.45, 7) is 5.88. The van der Waals surface area contributed by atoms with Crippen molar-refractivity contribution in [1.82, 2.24) is 10.3 Å². The van der Waals surface area contributed by atoms with Crippen LogP contribution in [0.4, 0.5) is 0 Å². The fourth-order valence-electron chi connectivity index (χ4n) is 3.16. The average molecular weight is 284 g/mol. The van der Waals surface area contributed by atoms with E-state index in [2.05, 4.69) is 5.32 Å². The number of rotatable bonds is 2. The number of carboxylic acids is 1. The molecule has 2 N–H and O–H groups in total. The number of aromatic carboxylic acids is 1. The van der Waals surface area contributed by atoms with Crippen LogP contribution >= 0.6 is 0 Å². The quantitative estimate of drug-likeness (QED) is 0.890. The van der Waals surface area contributed by atoms with Crippen molar-refractivity contribution in [3.05, 3.63) is 40.6 Å². The predicted molar refractivity (Wildman–Crippen MR) is 83.0 cm³/mol. The Morgan fingerprint density at radius 1 is 1.24 bits per heavy atom.